The van der Waals surface area contributed by atoms with E-state index in [9.17, 15) is 9.59 Å². The third-order valence-electron chi connectivity index (χ3n) is 3.37. The fourth-order valence-corrected chi connectivity index (χ4v) is 2.18. The lowest BCUT2D eigenvalue weighted by Gasteiger charge is -2.15. The van der Waals surface area contributed by atoms with E-state index >= 15 is 0 Å². The van der Waals surface area contributed by atoms with Crippen LogP contribution < -0.4 is 0 Å². The Kier molecular flexibility index (Phi) is 5.36. The van der Waals surface area contributed by atoms with Gasteiger partial charge in [0, 0.05) is 13.1 Å². The molecule has 5 heteroatoms. The minimum atomic E-state index is -0.805. The van der Waals surface area contributed by atoms with E-state index in [0.717, 1.165) is 5.56 Å². The molecule has 1 unspecified atom stereocenters. The molecule has 1 saturated heterocycles. The Labute approximate surface area is 118 Å². The summed E-state index contributed by atoms with van der Waals surface area (Å²) in [5.74, 6) is -1.18. The van der Waals surface area contributed by atoms with E-state index in [-0.39, 0.29) is 18.3 Å². The molecule has 0 aromatic heterocycles. The number of likely N-dealkylation sites (tertiary alicyclic amines) is 1. The second kappa shape index (κ2) is 6.57. The third kappa shape index (κ3) is 3.96. The first-order valence-corrected chi connectivity index (χ1v) is 6.12. The van der Waals surface area contributed by atoms with Gasteiger partial charge in [-0.3, -0.25) is 9.59 Å². The van der Waals surface area contributed by atoms with Crippen molar-refractivity contribution >= 4 is 24.3 Å². The van der Waals surface area contributed by atoms with Gasteiger partial charge in [-0.1, -0.05) is 29.8 Å². The number of aliphatic carboxylic acids is 1. The summed E-state index contributed by atoms with van der Waals surface area (Å²) in [6.07, 6.45) is 0.918. The summed E-state index contributed by atoms with van der Waals surface area (Å²) in [6.45, 7) is 2.91. The van der Waals surface area contributed by atoms with Gasteiger partial charge in [-0.2, -0.15) is 0 Å². The highest BCUT2D eigenvalue weighted by atomic mass is 35.5. The van der Waals surface area contributed by atoms with Crippen LogP contribution in [0, 0.1) is 12.8 Å². The average Bonchev–Trinajstić information content (AvgIpc) is 2.81. The smallest absolute Gasteiger partial charge is 0.308 e. The first-order valence-electron chi connectivity index (χ1n) is 6.12. The molecule has 0 saturated carbocycles. The predicted octanol–water partition coefficient (Wildman–Crippen LogP) is 1.89. The molecule has 1 aliphatic rings. The zero-order chi connectivity index (χ0) is 13.1. The summed E-state index contributed by atoms with van der Waals surface area (Å²) in [4.78, 5) is 24.5. The monoisotopic (exact) mass is 283 g/mol. The van der Waals surface area contributed by atoms with Gasteiger partial charge in [0.05, 0.1) is 12.3 Å². The second-order valence-electron chi connectivity index (χ2n) is 4.83. The summed E-state index contributed by atoms with van der Waals surface area (Å²) in [5.41, 5.74) is 2.14. The van der Waals surface area contributed by atoms with Crippen LogP contribution in [-0.4, -0.2) is 35.0 Å². The molecule has 1 N–H and O–H groups in total. The molecule has 1 heterocycles. The highest BCUT2D eigenvalue weighted by molar-refractivity contribution is 5.85. The Balaban J connectivity index is 0.00000180. The lowest BCUT2D eigenvalue weighted by atomic mass is 10.1. The van der Waals surface area contributed by atoms with Gasteiger partial charge < -0.3 is 10.0 Å². The molecule has 1 fully saturated rings. The van der Waals surface area contributed by atoms with Crippen LogP contribution in [0.15, 0.2) is 24.3 Å². The van der Waals surface area contributed by atoms with Crippen molar-refractivity contribution in [3.63, 3.8) is 0 Å². The maximum atomic E-state index is 12.0. The molecule has 2 rings (SSSR count). The standard InChI is InChI=1S/C14H17NO3.ClH/c1-10-2-4-11(5-3-10)8-13(16)15-7-6-12(9-15)14(17)18;/h2-5,12H,6-9H2,1H3,(H,17,18);1H. The number of hydrogen-bond donors (Lipinski definition) is 1. The van der Waals surface area contributed by atoms with E-state index in [1.165, 1.54) is 5.56 Å². The number of hydrogen-bond acceptors (Lipinski definition) is 2. The maximum absolute atomic E-state index is 12.0. The van der Waals surface area contributed by atoms with Crippen molar-refractivity contribution in [3.05, 3.63) is 35.4 Å². The van der Waals surface area contributed by atoms with Crippen molar-refractivity contribution in [2.24, 2.45) is 5.92 Å². The Morgan fingerprint density at radius 1 is 1.32 bits per heavy atom. The summed E-state index contributed by atoms with van der Waals surface area (Å²) >= 11 is 0. The first kappa shape index (κ1) is 15.5. The van der Waals surface area contributed by atoms with Crippen LogP contribution in [0.3, 0.4) is 0 Å². The Morgan fingerprint density at radius 3 is 2.47 bits per heavy atom. The van der Waals surface area contributed by atoms with Crippen LogP contribution in [0.5, 0.6) is 0 Å². The lowest BCUT2D eigenvalue weighted by molar-refractivity contribution is -0.141. The number of rotatable bonds is 3. The van der Waals surface area contributed by atoms with Crippen molar-refractivity contribution in [2.45, 2.75) is 19.8 Å². The number of carbonyl (C=O) groups is 2. The molecule has 1 aromatic carbocycles. The number of carbonyl (C=O) groups excluding carboxylic acids is 1. The molecule has 0 bridgehead atoms. The molecular formula is C14H18ClNO3. The highest BCUT2D eigenvalue weighted by Crippen LogP contribution is 2.17. The van der Waals surface area contributed by atoms with Crippen molar-refractivity contribution in [2.75, 3.05) is 13.1 Å². The molecule has 0 spiro atoms. The van der Waals surface area contributed by atoms with Gasteiger partial charge in [0.15, 0.2) is 0 Å². The van der Waals surface area contributed by atoms with E-state index in [0.29, 0.717) is 25.9 Å². The number of benzene rings is 1. The van der Waals surface area contributed by atoms with Gasteiger partial charge in [-0.15, -0.1) is 12.4 Å². The Hall–Kier alpha value is -1.55. The van der Waals surface area contributed by atoms with Gasteiger partial charge in [0.25, 0.3) is 0 Å². The summed E-state index contributed by atoms with van der Waals surface area (Å²) in [6, 6.07) is 7.84. The van der Waals surface area contributed by atoms with Crippen molar-refractivity contribution in [1.82, 2.24) is 4.90 Å². The molecule has 1 amide bonds. The van der Waals surface area contributed by atoms with Crippen LogP contribution in [0.4, 0.5) is 0 Å². The van der Waals surface area contributed by atoms with Crippen LogP contribution in [-0.2, 0) is 16.0 Å². The molecular weight excluding hydrogens is 266 g/mol. The number of carboxylic acid groups (broad SMARTS) is 1. The fraction of sp³-hybridized carbons (Fsp3) is 0.429. The van der Waals surface area contributed by atoms with Crippen LogP contribution in [0.1, 0.15) is 17.5 Å². The number of carboxylic acids is 1. The Morgan fingerprint density at radius 2 is 1.95 bits per heavy atom. The summed E-state index contributed by atoms with van der Waals surface area (Å²) < 4.78 is 0. The summed E-state index contributed by atoms with van der Waals surface area (Å²) in [5, 5.41) is 8.90. The SMILES string of the molecule is Cc1ccc(CC(=O)N2CCC(C(=O)O)C2)cc1.Cl. The quantitative estimate of drug-likeness (QED) is 0.922. The molecule has 1 atom stereocenters. The molecule has 104 valence electrons. The van der Waals surface area contributed by atoms with E-state index in [2.05, 4.69) is 0 Å². The van der Waals surface area contributed by atoms with E-state index in [1.807, 2.05) is 31.2 Å². The van der Waals surface area contributed by atoms with Crippen molar-refractivity contribution in [3.8, 4) is 0 Å². The number of aryl methyl sites for hydroxylation is 1. The van der Waals surface area contributed by atoms with E-state index in [1.54, 1.807) is 4.90 Å². The number of amides is 1. The van der Waals surface area contributed by atoms with Gasteiger partial charge >= 0.3 is 5.97 Å². The number of nitrogens with zero attached hydrogens (tertiary/aromatic N) is 1. The highest BCUT2D eigenvalue weighted by Gasteiger charge is 2.30. The van der Waals surface area contributed by atoms with Crippen LogP contribution in [0.25, 0.3) is 0 Å². The van der Waals surface area contributed by atoms with Gasteiger partial charge in [0.2, 0.25) is 5.91 Å². The van der Waals surface area contributed by atoms with Crippen LogP contribution >= 0.6 is 12.4 Å². The zero-order valence-corrected chi connectivity index (χ0v) is 11.7. The Bertz CT molecular complexity index is 458. The normalized spacial score (nSPS) is 17.9. The lowest BCUT2D eigenvalue weighted by Crippen LogP contribution is -2.31. The minimum Gasteiger partial charge on any atom is -0.481 e. The second-order valence-corrected chi connectivity index (χ2v) is 4.83. The summed E-state index contributed by atoms with van der Waals surface area (Å²) in [7, 11) is 0. The molecule has 1 aromatic rings. The van der Waals surface area contributed by atoms with E-state index < -0.39 is 11.9 Å². The predicted molar refractivity (Wildman–Crippen MR) is 74.5 cm³/mol. The molecule has 19 heavy (non-hydrogen) atoms. The minimum absolute atomic E-state index is 0. The largest absolute Gasteiger partial charge is 0.481 e. The fourth-order valence-electron chi connectivity index (χ4n) is 2.18. The van der Waals surface area contributed by atoms with Gasteiger partial charge in [-0.05, 0) is 18.9 Å². The first-order chi connectivity index (χ1) is 8.56. The average molecular weight is 284 g/mol. The van der Waals surface area contributed by atoms with Crippen LogP contribution in [0.2, 0.25) is 0 Å². The van der Waals surface area contributed by atoms with Crippen molar-refractivity contribution < 1.29 is 14.7 Å². The zero-order valence-electron chi connectivity index (χ0n) is 10.8. The topological polar surface area (TPSA) is 57.6 Å². The van der Waals surface area contributed by atoms with Gasteiger partial charge in [-0.25, -0.2) is 0 Å². The molecule has 0 radical (unpaired) electrons. The molecule has 1 aliphatic heterocycles. The van der Waals surface area contributed by atoms with Gasteiger partial charge in [0.1, 0.15) is 0 Å². The molecule has 0 aliphatic carbocycles. The molecule has 4 nitrogen and oxygen atoms in total. The number of halogens is 1. The van der Waals surface area contributed by atoms with Crippen molar-refractivity contribution in [1.29, 1.82) is 0 Å². The maximum Gasteiger partial charge on any atom is 0.308 e. The van der Waals surface area contributed by atoms with E-state index in [4.69, 9.17) is 5.11 Å². The third-order valence-corrected chi connectivity index (χ3v) is 3.37.